The van der Waals surface area contributed by atoms with E-state index in [-0.39, 0.29) is 18.9 Å². The minimum atomic E-state index is -0.920. The standard InChI is InChI=1S/C13H15BrClNO3/c1-3-16(5-4-11(17)18)13(19)9-6-8(2)12(14)10(15)7-9/h6-7H,3-5H2,1-2H3,(H,17,18). The number of halogens is 2. The first-order valence-corrected chi connectivity index (χ1v) is 7.00. The van der Waals surface area contributed by atoms with Crippen molar-refractivity contribution in [2.45, 2.75) is 20.3 Å². The van der Waals surface area contributed by atoms with Crippen LogP contribution in [-0.2, 0) is 4.79 Å². The summed E-state index contributed by atoms with van der Waals surface area (Å²) >= 11 is 9.36. The first kappa shape index (κ1) is 16.0. The van der Waals surface area contributed by atoms with E-state index in [1.807, 2.05) is 13.8 Å². The van der Waals surface area contributed by atoms with E-state index < -0.39 is 5.97 Å². The SMILES string of the molecule is CCN(CCC(=O)O)C(=O)c1cc(C)c(Br)c(Cl)c1. The van der Waals surface area contributed by atoms with Crippen LogP contribution in [0.3, 0.4) is 0 Å². The molecule has 4 nitrogen and oxygen atoms in total. The molecule has 0 unspecified atom stereocenters. The molecular formula is C13H15BrClNO3. The molecule has 0 aliphatic carbocycles. The van der Waals surface area contributed by atoms with Gasteiger partial charge in [0.05, 0.1) is 11.4 Å². The molecule has 0 fully saturated rings. The Morgan fingerprint density at radius 3 is 2.53 bits per heavy atom. The lowest BCUT2D eigenvalue weighted by Crippen LogP contribution is -2.32. The molecule has 0 saturated heterocycles. The van der Waals surface area contributed by atoms with Crippen LogP contribution in [-0.4, -0.2) is 35.0 Å². The van der Waals surface area contributed by atoms with Crippen molar-refractivity contribution in [3.63, 3.8) is 0 Å². The summed E-state index contributed by atoms with van der Waals surface area (Å²) in [5, 5.41) is 9.14. The van der Waals surface area contributed by atoms with Gasteiger partial charge in [0.15, 0.2) is 0 Å². The molecule has 0 spiro atoms. The van der Waals surface area contributed by atoms with Gasteiger partial charge >= 0.3 is 5.97 Å². The number of carbonyl (C=O) groups excluding carboxylic acids is 1. The van der Waals surface area contributed by atoms with Crippen LogP contribution in [0.15, 0.2) is 16.6 Å². The average molecular weight is 349 g/mol. The number of benzene rings is 1. The van der Waals surface area contributed by atoms with E-state index in [0.29, 0.717) is 17.1 Å². The van der Waals surface area contributed by atoms with Crippen LogP contribution in [0.4, 0.5) is 0 Å². The molecule has 104 valence electrons. The number of hydrogen-bond acceptors (Lipinski definition) is 2. The monoisotopic (exact) mass is 347 g/mol. The van der Waals surface area contributed by atoms with Crippen LogP contribution in [0.1, 0.15) is 29.3 Å². The van der Waals surface area contributed by atoms with Gasteiger partial charge in [-0.3, -0.25) is 9.59 Å². The molecule has 0 heterocycles. The Bertz CT molecular complexity index is 482. The molecule has 6 heteroatoms. The minimum Gasteiger partial charge on any atom is -0.481 e. The summed E-state index contributed by atoms with van der Waals surface area (Å²) in [4.78, 5) is 24.3. The van der Waals surface area contributed by atoms with E-state index in [0.717, 1.165) is 10.0 Å². The maximum absolute atomic E-state index is 12.3. The Labute approximate surface area is 125 Å². The van der Waals surface area contributed by atoms with Gasteiger partial charge in [0.25, 0.3) is 5.91 Å². The Hall–Kier alpha value is -1.07. The van der Waals surface area contributed by atoms with Crippen LogP contribution < -0.4 is 0 Å². The van der Waals surface area contributed by atoms with Gasteiger partial charge in [-0.1, -0.05) is 11.6 Å². The number of hydrogen-bond donors (Lipinski definition) is 1. The van der Waals surface area contributed by atoms with Gasteiger partial charge in [-0.05, 0) is 47.5 Å². The lowest BCUT2D eigenvalue weighted by Gasteiger charge is -2.20. The number of rotatable bonds is 5. The second-order valence-electron chi connectivity index (χ2n) is 4.12. The van der Waals surface area contributed by atoms with Crippen LogP contribution in [0.25, 0.3) is 0 Å². The van der Waals surface area contributed by atoms with Crippen LogP contribution >= 0.6 is 27.5 Å². The zero-order valence-electron chi connectivity index (χ0n) is 10.7. The second kappa shape index (κ2) is 6.91. The molecule has 1 amide bonds. The fourth-order valence-electron chi connectivity index (χ4n) is 1.67. The van der Waals surface area contributed by atoms with Gasteiger partial charge in [-0.15, -0.1) is 0 Å². The molecule has 0 saturated carbocycles. The predicted molar refractivity (Wildman–Crippen MR) is 77.7 cm³/mol. The van der Waals surface area contributed by atoms with Crippen LogP contribution in [0.5, 0.6) is 0 Å². The molecule has 0 aliphatic rings. The van der Waals surface area contributed by atoms with E-state index in [9.17, 15) is 9.59 Å². The number of aryl methyl sites for hydroxylation is 1. The molecule has 1 rings (SSSR count). The zero-order valence-corrected chi connectivity index (χ0v) is 13.1. The largest absolute Gasteiger partial charge is 0.481 e. The van der Waals surface area contributed by atoms with Gasteiger partial charge in [0, 0.05) is 23.1 Å². The topological polar surface area (TPSA) is 57.6 Å². The summed E-state index contributed by atoms with van der Waals surface area (Å²) in [6.07, 6.45) is -0.0666. The van der Waals surface area contributed by atoms with Crippen molar-refractivity contribution < 1.29 is 14.7 Å². The van der Waals surface area contributed by atoms with Crippen molar-refractivity contribution >= 4 is 39.4 Å². The predicted octanol–water partition coefficient (Wildman–Crippen LogP) is 3.35. The van der Waals surface area contributed by atoms with Crippen molar-refractivity contribution in [2.75, 3.05) is 13.1 Å². The van der Waals surface area contributed by atoms with Gasteiger partial charge in [-0.2, -0.15) is 0 Å². The van der Waals surface area contributed by atoms with Gasteiger partial charge < -0.3 is 10.0 Å². The Morgan fingerprint density at radius 2 is 2.05 bits per heavy atom. The van der Waals surface area contributed by atoms with Gasteiger partial charge in [0.2, 0.25) is 0 Å². The smallest absolute Gasteiger partial charge is 0.305 e. The summed E-state index contributed by atoms with van der Waals surface area (Å²) in [5.41, 5.74) is 1.34. The fraction of sp³-hybridized carbons (Fsp3) is 0.385. The first-order chi connectivity index (χ1) is 8.86. The van der Waals surface area contributed by atoms with Crippen molar-refractivity contribution in [3.8, 4) is 0 Å². The van der Waals surface area contributed by atoms with Crippen molar-refractivity contribution in [3.05, 3.63) is 32.8 Å². The molecule has 0 aromatic heterocycles. The molecule has 0 bridgehead atoms. The highest BCUT2D eigenvalue weighted by molar-refractivity contribution is 9.10. The number of amides is 1. The lowest BCUT2D eigenvalue weighted by atomic mass is 10.1. The molecule has 1 aromatic rings. The number of nitrogens with zero attached hydrogens (tertiary/aromatic N) is 1. The molecule has 0 atom stereocenters. The summed E-state index contributed by atoms with van der Waals surface area (Å²) < 4.78 is 0.763. The first-order valence-electron chi connectivity index (χ1n) is 5.83. The molecule has 1 N–H and O–H groups in total. The third-order valence-corrected chi connectivity index (χ3v) is 4.30. The molecule has 1 aromatic carbocycles. The normalized spacial score (nSPS) is 10.3. The van der Waals surface area contributed by atoms with Crippen molar-refractivity contribution in [1.29, 1.82) is 0 Å². The molecular weight excluding hydrogens is 334 g/mol. The minimum absolute atomic E-state index is 0.0666. The van der Waals surface area contributed by atoms with Crippen LogP contribution in [0.2, 0.25) is 5.02 Å². The molecule has 0 radical (unpaired) electrons. The van der Waals surface area contributed by atoms with Crippen molar-refractivity contribution in [1.82, 2.24) is 4.90 Å². The second-order valence-corrected chi connectivity index (χ2v) is 5.32. The Morgan fingerprint density at radius 1 is 1.42 bits per heavy atom. The van der Waals surface area contributed by atoms with E-state index >= 15 is 0 Å². The van der Waals surface area contributed by atoms with Crippen LogP contribution in [0, 0.1) is 6.92 Å². The third-order valence-electron chi connectivity index (χ3n) is 2.72. The van der Waals surface area contributed by atoms with Crippen molar-refractivity contribution in [2.24, 2.45) is 0 Å². The van der Waals surface area contributed by atoms with E-state index in [4.69, 9.17) is 16.7 Å². The number of carboxylic acid groups (broad SMARTS) is 1. The Kier molecular flexibility index (Phi) is 5.82. The molecule has 0 aliphatic heterocycles. The lowest BCUT2D eigenvalue weighted by molar-refractivity contribution is -0.137. The quantitative estimate of drug-likeness (QED) is 0.888. The van der Waals surface area contributed by atoms with E-state index in [2.05, 4.69) is 15.9 Å². The summed E-state index contributed by atoms with van der Waals surface area (Å²) in [7, 11) is 0. The fourth-order valence-corrected chi connectivity index (χ4v) is 2.16. The summed E-state index contributed by atoms with van der Waals surface area (Å²) in [5.74, 6) is -1.13. The summed E-state index contributed by atoms with van der Waals surface area (Å²) in [6.45, 7) is 4.31. The van der Waals surface area contributed by atoms with Gasteiger partial charge in [-0.25, -0.2) is 0 Å². The van der Waals surface area contributed by atoms with E-state index in [1.54, 1.807) is 12.1 Å². The maximum atomic E-state index is 12.3. The highest BCUT2D eigenvalue weighted by atomic mass is 79.9. The van der Waals surface area contributed by atoms with Gasteiger partial charge in [0.1, 0.15) is 0 Å². The number of carboxylic acids is 1. The number of aliphatic carboxylic acids is 1. The highest BCUT2D eigenvalue weighted by Crippen LogP contribution is 2.28. The zero-order chi connectivity index (χ0) is 14.6. The highest BCUT2D eigenvalue weighted by Gasteiger charge is 2.17. The number of carbonyl (C=O) groups is 2. The average Bonchev–Trinajstić information content (AvgIpc) is 2.35. The maximum Gasteiger partial charge on any atom is 0.305 e. The molecule has 19 heavy (non-hydrogen) atoms. The summed E-state index contributed by atoms with van der Waals surface area (Å²) in [6, 6.07) is 3.33. The van der Waals surface area contributed by atoms with E-state index in [1.165, 1.54) is 4.90 Å². The third kappa shape index (κ3) is 4.21. The Balaban J connectivity index is 2.94.